The van der Waals surface area contributed by atoms with E-state index >= 15 is 0 Å². The molecule has 11 heteroatoms. The molecular formula is C30H27F5N2O2RuS. The number of rotatable bonds is 9. The quantitative estimate of drug-likeness (QED) is 0.0889. The molecule has 218 valence electrons. The second-order valence-electron chi connectivity index (χ2n) is 9.64. The topological polar surface area (TPSA) is 63.4 Å². The minimum atomic E-state index is -5.39. The summed E-state index contributed by atoms with van der Waals surface area (Å²) in [6, 6.07) is 21.0. The van der Waals surface area contributed by atoms with Gasteiger partial charge >= 0.3 is 0 Å². The van der Waals surface area contributed by atoms with Gasteiger partial charge in [-0.25, -0.2) is 30.4 Å². The van der Waals surface area contributed by atoms with Crippen LogP contribution in [0.15, 0.2) is 89.8 Å². The van der Waals surface area contributed by atoms with Crippen molar-refractivity contribution in [3.8, 4) is 0 Å². The Kier molecular flexibility index (Phi) is 10.6. The molecule has 4 aromatic rings. The van der Waals surface area contributed by atoms with Gasteiger partial charge in [0.15, 0.2) is 28.2 Å². The summed E-state index contributed by atoms with van der Waals surface area (Å²) in [6.07, 6.45) is 0. The largest absolute Gasteiger partial charge is 0.322 e. The second kappa shape index (κ2) is 13.3. The fourth-order valence-corrected chi connectivity index (χ4v) is 6.25. The van der Waals surface area contributed by atoms with Gasteiger partial charge in [0.1, 0.15) is 0 Å². The van der Waals surface area contributed by atoms with Gasteiger partial charge in [-0.05, 0) is 28.2 Å². The van der Waals surface area contributed by atoms with Crippen LogP contribution in [0.5, 0.6) is 0 Å². The molecule has 0 aromatic heterocycles. The van der Waals surface area contributed by atoms with E-state index in [9.17, 15) is 30.4 Å². The molecule has 41 heavy (non-hydrogen) atoms. The number of nitrogens with zero attached hydrogens (tertiary/aromatic N) is 1. The van der Waals surface area contributed by atoms with E-state index < -0.39 is 62.6 Å². The maximum absolute atomic E-state index is 15.0. The Morgan fingerprint density at radius 3 is 1.56 bits per heavy atom. The first-order chi connectivity index (χ1) is 18.9. The van der Waals surface area contributed by atoms with Crippen LogP contribution in [0.25, 0.3) is 0 Å². The van der Waals surface area contributed by atoms with Gasteiger partial charge in [-0.2, -0.15) is 4.31 Å². The molecule has 4 nitrogen and oxygen atoms in total. The summed E-state index contributed by atoms with van der Waals surface area (Å²) < 4.78 is 101. The zero-order valence-corrected chi connectivity index (χ0v) is 24.6. The summed E-state index contributed by atoms with van der Waals surface area (Å²) >= 11 is 0. The molecule has 0 aliphatic carbocycles. The van der Waals surface area contributed by atoms with E-state index in [1.807, 2.05) is 13.8 Å². The van der Waals surface area contributed by atoms with E-state index in [0.717, 1.165) is 5.56 Å². The summed E-state index contributed by atoms with van der Waals surface area (Å²) in [5.74, 6) is -11.9. The molecule has 0 radical (unpaired) electrons. The van der Waals surface area contributed by atoms with Crippen LogP contribution in [0.2, 0.25) is 0 Å². The predicted molar refractivity (Wildman–Crippen MR) is 142 cm³/mol. The molecule has 0 aliphatic heterocycles. The average molecular weight is 676 g/mol. The Morgan fingerprint density at radius 1 is 0.659 bits per heavy atom. The fraction of sp³-hybridized carbons (Fsp3) is 0.200. The molecule has 2 N–H and O–H groups in total. The summed E-state index contributed by atoms with van der Waals surface area (Å²) in [5, 5.41) is 0. The van der Waals surface area contributed by atoms with Gasteiger partial charge in [0.05, 0.1) is 12.1 Å². The normalized spacial score (nSPS) is 13.2. The van der Waals surface area contributed by atoms with Crippen LogP contribution >= 0.6 is 0 Å². The first-order valence-corrected chi connectivity index (χ1v) is 13.9. The summed E-state index contributed by atoms with van der Waals surface area (Å²) in [5.41, 5.74) is 8.84. The van der Waals surface area contributed by atoms with E-state index in [2.05, 4.69) is 0 Å². The molecule has 0 fully saturated rings. The molecule has 0 unspecified atom stereocenters. The number of benzene rings is 4. The molecule has 2 atom stereocenters. The predicted octanol–water partition coefficient (Wildman–Crippen LogP) is 7.14. The number of halogens is 5. The van der Waals surface area contributed by atoms with E-state index in [1.165, 1.54) is 0 Å². The van der Waals surface area contributed by atoms with Crippen LogP contribution in [0, 0.1) is 29.1 Å². The Balaban J connectivity index is 0.00000462. The third-order valence-electron chi connectivity index (χ3n) is 6.70. The van der Waals surface area contributed by atoms with E-state index in [1.54, 1.807) is 84.9 Å². The van der Waals surface area contributed by atoms with E-state index in [-0.39, 0.29) is 25.4 Å². The first-order valence-electron chi connectivity index (χ1n) is 12.4. The van der Waals surface area contributed by atoms with Crippen molar-refractivity contribution in [2.24, 2.45) is 5.73 Å². The zero-order valence-electron chi connectivity index (χ0n) is 22.0. The van der Waals surface area contributed by atoms with Crippen LogP contribution in [-0.2, 0) is 36.0 Å². The van der Waals surface area contributed by atoms with Crippen LogP contribution in [0.4, 0.5) is 22.0 Å². The van der Waals surface area contributed by atoms with Gasteiger partial charge in [-0.1, -0.05) is 98.8 Å². The molecule has 4 rings (SSSR count). The van der Waals surface area contributed by atoms with Crippen LogP contribution < -0.4 is 5.73 Å². The molecule has 0 spiro atoms. The van der Waals surface area contributed by atoms with Gasteiger partial charge < -0.3 is 5.73 Å². The molecular weight excluding hydrogens is 648 g/mol. The Bertz CT molecular complexity index is 1560. The molecule has 0 amide bonds. The number of nitrogens with two attached hydrogens (primary N) is 1. The van der Waals surface area contributed by atoms with Crippen molar-refractivity contribution in [2.75, 3.05) is 0 Å². The van der Waals surface area contributed by atoms with Crippen LogP contribution in [-0.4, -0.2) is 12.7 Å². The molecule has 0 bridgehead atoms. The number of hydrogen-bond donors (Lipinski definition) is 1. The number of sulfonamides is 1. The Hall–Kier alpha value is -2.98. The van der Waals surface area contributed by atoms with Gasteiger partial charge in [0.2, 0.25) is 15.8 Å². The standard InChI is InChI=1S/C30H27F5N2O2S.Ru/c1-18(2)20-15-13-19(14-16-20)17-37(40(38,39)30-26(34)24(32)23(31)25(33)27(30)35)29(22-11-7-4-8-12-22)28(36)21-9-5-3-6-10-21;/h3-16,18,28-29H,17,36H2,1-2H3;/t28-,29-;/m1./s1. The molecule has 0 heterocycles. The third-order valence-corrected chi connectivity index (χ3v) is 8.55. The smallest absolute Gasteiger partial charge is 0.250 e. The first kappa shape index (κ1) is 32.5. The van der Waals surface area contributed by atoms with Crippen molar-refractivity contribution in [3.63, 3.8) is 0 Å². The van der Waals surface area contributed by atoms with E-state index in [0.29, 0.717) is 21.0 Å². The van der Waals surface area contributed by atoms with Crippen molar-refractivity contribution >= 4 is 10.0 Å². The summed E-state index contributed by atoms with van der Waals surface area (Å²) in [7, 11) is -5.39. The monoisotopic (exact) mass is 676 g/mol. The van der Waals surface area contributed by atoms with Gasteiger partial charge in [-0.15, -0.1) is 0 Å². The van der Waals surface area contributed by atoms with Crippen LogP contribution in [0.3, 0.4) is 0 Å². The molecule has 0 saturated carbocycles. The SMILES string of the molecule is CC(C)c1ccc(CN([C@H](c2ccccc2)[C@H](N)c2ccccc2)S(=O)(=O)c2c(F)c(F)c(F)c(F)c2F)cc1.[Ru]. The van der Waals surface area contributed by atoms with Crippen molar-refractivity contribution in [2.45, 2.75) is 43.3 Å². The van der Waals surface area contributed by atoms with Crippen LogP contribution in [0.1, 0.15) is 54.1 Å². The maximum atomic E-state index is 15.0. The minimum Gasteiger partial charge on any atom is -0.322 e. The molecule has 4 aromatic carbocycles. The number of hydrogen-bond acceptors (Lipinski definition) is 3. The fourth-order valence-electron chi connectivity index (χ4n) is 4.51. The van der Waals surface area contributed by atoms with Crippen molar-refractivity contribution in [3.05, 3.63) is 136 Å². The van der Waals surface area contributed by atoms with Crippen molar-refractivity contribution < 1.29 is 49.8 Å². The van der Waals surface area contributed by atoms with Crippen molar-refractivity contribution in [1.82, 2.24) is 4.31 Å². The zero-order chi connectivity index (χ0) is 29.2. The Labute approximate surface area is 248 Å². The molecule has 0 aliphatic rings. The van der Waals surface area contributed by atoms with Crippen molar-refractivity contribution in [1.29, 1.82) is 0 Å². The summed E-state index contributed by atoms with van der Waals surface area (Å²) in [4.78, 5) is -1.94. The molecule has 0 saturated heterocycles. The third kappa shape index (κ3) is 6.59. The maximum Gasteiger partial charge on any atom is 0.250 e. The summed E-state index contributed by atoms with van der Waals surface area (Å²) in [6.45, 7) is 3.47. The van der Waals surface area contributed by atoms with Gasteiger partial charge in [0, 0.05) is 26.0 Å². The van der Waals surface area contributed by atoms with E-state index in [4.69, 9.17) is 5.73 Å². The van der Waals surface area contributed by atoms with Gasteiger partial charge in [0.25, 0.3) is 0 Å². The minimum absolute atomic E-state index is 0. The second-order valence-corrected chi connectivity index (χ2v) is 11.5. The average Bonchev–Trinajstić information content (AvgIpc) is 2.96. The van der Waals surface area contributed by atoms with Gasteiger partial charge in [-0.3, -0.25) is 0 Å². The Morgan fingerprint density at radius 2 is 1.10 bits per heavy atom.